The number of aliphatic carboxylic acids is 1. The average Bonchev–Trinajstić information content (AvgIpc) is 2.30. The molecule has 3 nitrogen and oxygen atoms in total. The van der Waals surface area contributed by atoms with Crippen LogP contribution < -0.4 is 5.32 Å². The highest BCUT2D eigenvalue weighted by atomic mass is 32.2. The van der Waals surface area contributed by atoms with E-state index in [9.17, 15) is 9.90 Å². The molecule has 2 saturated heterocycles. The Morgan fingerprint density at radius 1 is 1.31 bits per heavy atom. The molecule has 0 amide bonds. The lowest BCUT2D eigenvalue weighted by Crippen LogP contribution is -2.55. The predicted octanol–water partition coefficient (Wildman–Crippen LogP) is 1.97. The Morgan fingerprint density at radius 3 is 2.62 bits per heavy atom. The minimum Gasteiger partial charge on any atom is -0.480 e. The molecule has 0 saturated carbocycles. The topological polar surface area (TPSA) is 49.3 Å². The molecule has 2 aliphatic rings. The number of carboxylic acids is 1. The van der Waals surface area contributed by atoms with Crippen molar-refractivity contribution >= 4 is 17.7 Å². The molecule has 2 N–H and O–H groups in total. The Kier molecular flexibility index (Phi) is 3.80. The Labute approximate surface area is 101 Å². The largest absolute Gasteiger partial charge is 0.480 e. The number of nitrogens with one attached hydrogen (secondary N) is 1. The summed E-state index contributed by atoms with van der Waals surface area (Å²) in [6.07, 6.45) is 4.52. The van der Waals surface area contributed by atoms with Crippen molar-refractivity contribution in [3.63, 3.8) is 0 Å². The second-order valence-corrected chi connectivity index (χ2v) is 6.49. The molecular formula is C12H21NO2S. The summed E-state index contributed by atoms with van der Waals surface area (Å²) in [5.41, 5.74) is -0.687. The molecule has 92 valence electrons. The lowest BCUT2D eigenvalue weighted by atomic mass is 9.74. The minimum absolute atomic E-state index is 0.614. The molecule has 2 atom stereocenters. The molecule has 0 aromatic carbocycles. The molecule has 2 fully saturated rings. The molecule has 0 aromatic rings. The summed E-state index contributed by atoms with van der Waals surface area (Å²) in [5.74, 6) is 3.21. The smallest absolute Gasteiger partial charge is 0.323 e. The van der Waals surface area contributed by atoms with Gasteiger partial charge in [0.2, 0.25) is 0 Å². The van der Waals surface area contributed by atoms with Gasteiger partial charge in [0.15, 0.2) is 0 Å². The van der Waals surface area contributed by atoms with Crippen molar-refractivity contribution in [3.05, 3.63) is 0 Å². The third kappa shape index (κ3) is 2.54. The molecule has 2 aliphatic heterocycles. The van der Waals surface area contributed by atoms with E-state index in [-0.39, 0.29) is 0 Å². The number of carbonyl (C=O) groups is 1. The third-order valence-corrected chi connectivity index (χ3v) is 5.15. The minimum atomic E-state index is -0.692. The maximum absolute atomic E-state index is 11.2. The van der Waals surface area contributed by atoms with E-state index in [1.54, 1.807) is 0 Å². The molecule has 16 heavy (non-hydrogen) atoms. The van der Waals surface area contributed by atoms with Crippen molar-refractivity contribution in [2.45, 2.75) is 38.1 Å². The molecule has 2 heterocycles. The molecule has 0 radical (unpaired) electrons. The zero-order chi connectivity index (χ0) is 11.6. The van der Waals surface area contributed by atoms with Gasteiger partial charge in [0.25, 0.3) is 0 Å². The van der Waals surface area contributed by atoms with Gasteiger partial charge in [-0.1, -0.05) is 0 Å². The Bertz CT molecular complexity index is 266. The van der Waals surface area contributed by atoms with Crippen molar-refractivity contribution in [1.82, 2.24) is 5.32 Å². The summed E-state index contributed by atoms with van der Waals surface area (Å²) in [4.78, 5) is 11.2. The van der Waals surface area contributed by atoms with Crippen molar-refractivity contribution in [2.24, 2.45) is 11.8 Å². The van der Waals surface area contributed by atoms with Crippen molar-refractivity contribution in [3.8, 4) is 0 Å². The number of rotatable bonds is 2. The summed E-state index contributed by atoms with van der Waals surface area (Å²) in [5, 5.41) is 12.4. The summed E-state index contributed by atoms with van der Waals surface area (Å²) in [6.45, 7) is 2.69. The van der Waals surface area contributed by atoms with Gasteiger partial charge in [0.05, 0.1) is 0 Å². The van der Waals surface area contributed by atoms with Gasteiger partial charge in [-0.25, -0.2) is 0 Å². The van der Waals surface area contributed by atoms with Gasteiger partial charge in [-0.2, -0.15) is 11.8 Å². The maximum Gasteiger partial charge on any atom is 0.323 e. The van der Waals surface area contributed by atoms with Crippen molar-refractivity contribution in [2.75, 3.05) is 18.1 Å². The summed E-state index contributed by atoms with van der Waals surface area (Å²) < 4.78 is 0. The quantitative estimate of drug-likeness (QED) is 0.778. The van der Waals surface area contributed by atoms with Crippen LogP contribution in [-0.4, -0.2) is 34.7 Å². The molecule has 2 rings (SSSR count). The van der Waals surface area contributed by atoms with E-state index >= 15 is 0 Å². The summed E-state index contributed by atoms with van der Waals surface area (Å²) >= 11 is 2.04. The van der Waals surface area contributed by atoms with Crippen LogP contribution in [0.4, 0.5) is 0 Å². The fourth-order valence-electron chi connectivity index (χ4n) is 2.98. The van der Waals surface area contributed by atoms with E-state index in [1.807, 2.05) is 18.7 Å². The fourth-order valence-corrected chi connectivity index (χ4v) is 4.13. The maximum atomic E-state index is 11.2. The monoisotopic (exact) mass is 243 g/mol. The van der Waals surface area contributed by atoms with Gasteiger partial charge in [0.1, 0.15) is 5.54 Å². The first-order valence-electron chi connectivity index (χ1n) is 6.18. The van der Waals surface area contributed by atoms with Gasteiger partial charge in [-0.05, 0) is 62.5 Å². The van der Waals surface area contributed by atoms with E-state index in [1.165, 1.54) is 24.3 Å². The van der Waals surface area contributed by atoms with Crippen LogP contribution in [0.2, 0.25) is 0 Å². The molecule has 0 aliphatic carbocycles. The summed E-state index contributed by atoms with van der Waals surface area (Å²) in [6, 6.07) is 0. The number of thioether (sulfide) groups is 1. The molecule has 0 spiro atoms. The molecular weight excluding hydrogens is 222 g/mol. The summed E-state index contributed by atoms with van der Waals surface area (Å²) in [7, 11) is 0. The zero-order valence-corrected chi connectivity index (χ0v) is 10.7. The third-order valence-electron chi connectivity index (χ3n) is 4.11. The van der Waals surface area contributed by atoms with Crippen molar-refractivity contribution in [1.29, 1.82) is 0 Å². The average molecular weight is 243 g/mol. The van der Waals surface area contributed by atoms with Crippen LogP contribution in [0.5, 0.6) is 0 Å². The normalized spacial score (nSPS) is 37.2. The first-order chi connectivity index (χ1) is 7.62. The molecule has 2 unspecified atom stereocenters. The van der Waals surface area contributed by atoms with E-state index in [4.69, 9.17) is 0 Å². The van der Waals surface area contributed by atoms with Crippen molar-refractivity contribution < 1.29 is 9.90 Å². The van der Waals surface area contributed by atoms with Crippen LogP contribution in [0.25, 0.3) is 0 Å². The second kappa shape index (κ2) is 4.96. The molecule has 0 bridgehead atoms. The van der Waals surface area contributed by atoms with Crippen LogP contribution in [0.15, 0.2) is 0 Å². The van der Waals surface area contributed by atoms with Crippen LogP contribution in [0, 0.1) is 11.8 Å². The fraction of sp³-hybridized carbons (Fsp3) is 0.917. The predicted molar refractivity (Wildman–Crippen MR) is 66.8 cm³/mol. The van der Waals surface area contributed by atoms with Crippen LogP contribution in [-0.2, 0) is 4.79 Å². The molecule has 0 aromatic heterocycles. The Hall–Kier alpha value is -0.220. The SMILES string of the molecule is CC1(C(=O)O)CC(C2CCSCC2)CCN1. The number of piperidine rings is 1. The number of carboxylic acid groups (broad SMARTS) is 1. The van der Waals surface area contributed by atoms with Gasteiger partial charge in [-0.3, -0.25) is 4.79 Å². The highest BCUT2D eigenvalue weighted by Crippen LogP contribution is 2.37. The molecule has 4 heteroatoms. The first-order valence-corrected chi connectivity index (χ1v) is 7.33. The van der Waals surface area contributed by atoms with Gasteiger partial charge < -0.3 is 10.4 Å². The van der Waals surface area contributed by atoms with E-state index < -0.39 is 11.5 Å². The van der Waals surface area contributed by atoms with Crippen LogP contribution in [0.3, 0.4) is 0 Å². The van der Waals surface area contributed by atoms with E-state index in [0.29, 0.717) is 5.92 Å². The Balaban J connectivity index is 1.98. The van der Waals surface area contributed by atoms with E-state index in [0.717, 1.165) is 25.3 Å². The lowest BCUT2D eigenvalue weighted by Gasteiger charge is -2.40. The lowest BCUT2D eigenvalue weighted by molar-refractivity contribution is -0.146. The second-order valence-electron chi connectivity index (χ2n) is 5.27. The highest BCUT2D eigenvalue weighted by Gasteiger charge is 2.40. The number of hydrogen-bond acceptors (Lipinski definition) is 3. The highest BCUT2D eigenvalue weighted by molar-refractivity contribution is 7.99. The first kappa shape index (κ1) is 12.2. The van der Waals surface area contributed by atoms with Gasteiger partial charge in [0, 0.05) is 0 Å². The number of hydrogen-bond donors (Lipinski definition) is 2. The zero-order valence-electron chi connectivity index (χ0n) is 9.87. The van der Waals surface area contributed by atoms with E-state index in [2.05, 4.69) is 5.32 Å². The Morgan fingerprint density at radius 2 is 2.00 bits per heavy atom. The van der Waals surface area contributed by atoms with Crippen LogP contribution in [0.1, 0.15) is 32.6 Å². The van der Waals surface area contributed by atoms with Crippen LogP contribution >= 0.6 is 11.8 Å². The standard InChI is InChI=1S/C12H21NO2S/c1-12(11(14)15)8-10(2-5-13-12)9-3-6-16-7-4-9/h9-10,13H,2-8H2,1H3,(H,14,15). The van der Waals surface area contributed by atoms with Gasteiger partial charge >= 0.3 is 5.97 Å². The van der Waals surface area contributed by atoms with Gasteiger partial charge in [-0.15, -0.1) is 0 Å².